The van der Waals surface area contributed by atoms with Gasteiger partial charge in [-0.15, -0.1) is 0 Å². The molecule has 0 aliphatic rings. The number of benzene rings is 1. The SMILES string of the molecule is CCOC(=O)c1cn2c(nc3ccc(CO)c(F)c32)s1. The molecule has 0 atom stereocenters. The number of aliphatic hydroxyl groups is 1. The molecule has 1 aromatic carbocycles. The molecule has 104 valence electrons. The van der Waals surface area contributed by atoms with E-state index >= 15 is 0 Å². The third kappa shape index (κ3) is 1.86. The van der Waals surface area contributed by atoms with Gasteiger partial charge in [0, 0.05) is 11.8 Å². The molecular formula is C13H11FN2O3S. The highest BCUT2D eigenvalue weighted by atomic mass is 32.1. The third-order valence-electron chi connectivity index (χ3n) is 2.93. The maximum atomic E-state index is 14.3. The number of rotatable bonds is 3. The Morgan fingerprint density at radius 3 is 3.05 bits per heavy atom. The summed E-state index contributed by atoms with van der Waals surface area (Å²) in [5.74, 6) is -0.972. The van der Waals surface area contributed by atoms with Crippen LogP contribution in [0.15, 0.2) is 18.3 Å². The van der Waals surface area contributed by atoms with Gasteiger partial charge >= 0.3 is 5.97 Å². The van der Waals surface area contributed by atoms with Crippen LogP contribution < -0.4 is 0 Å². The standard InChI is InChI=1S/C13H11FN2O3S/c1-2-19-12(18)9-5-16-11-8(15-13(16)20-9)4-3-7(6-17)10(11)14/h3-5,17H,2,6H2,1H3. The number of halogens is 1. The molecule has 0 fully saturated rings. The number of hydrogen-bond acceptors (Lipinski definition) is 5. The number of aliphatic hydroxyl groups excluding tert-OH is 1. The minimum atomic E-state index is -0.522. The van der Waals surface area contributed by atoms with Crippen molar-refractivity contribution in [2.24, 2.45) is 0 Å². The molecule has 20 heavy (non-hydrogen) atoms. The van der Waals surface area contributed by atoms with Gasteiger partial charge in [-0.1, -0.05) is 17.4 Å². The van der Waals surface area contributed by atoms with Crippen LogP contribution in [0.4, 0.5) is 4.39 Å². The smallest absolute Gasteiger partial charge is 0.349 e. The van der Waals surface area contributed by atoms with E-state index in [1.807, 2.05) is 0 Å². The quantitative estimate of drug-likeness (QED) is 0.753. The normalized spacial score (nSPS) is 11.3. The van der Waals surface area contributed by atoms with Crippen LogP contribution in [0.1, 0.15) is 22.2 Å². The number of esters is 1. The van der Waals surface area contributed by atoms with E-state index in [0.717, 1.165) is 11.3 Å². The number of carbonyl (C=O) groups is 1. The molecule has 7 heteroatoms. The van der Waals surface area contributed by atoms with E-state index < -0.39 is 11.8 Å². The number of thiazole rings is 1. The van der Waals surface area contributed by atoms with Crippen LogP contribution in [0.25, 0.3) is 16.0 Å². The van der Waals surface area contributed by atoms with Crippen molar-refractivity contribution in [3.05, 3.63) is 34.6 Å². The predicted molar refractivity (Wildman–Crippen MR) is 72.4 cm³/mol. The van der Waals surface area contributed by atoms with Gasteiger partial charge in [0.05, 0.1) is 18.7 Å². The first-order valence-corrected chi connectivity index (χ1v) is 6.84. The number of ether oxygens (including phenoxy) is 1. The molecule has 0 saturated heterocycles. The van der Waals surface area contributed by atoms with E-state index in [1.54, 1.807) is 13.0 Å². The van der Waals surface area contributed by atoms with Crippen LogP contribution in [-0.4, -0.2) is 27.1 Å². The Labute approximate surface area is 117 Å². The summed E-state index contributed by atoms with van der Waals surface area (Å²) in [6.45, 7) is 1.62. The number of nitrogens with zero attached hydrogens (tertiary/aromatic N) is 2. The second-order valence-corrected chi connectivity index (χ2v) is 5.15. The molecule has 0 bridgehead atoms. The summed E-state index contributed by atoms with van der Waals surface area (Å²) in [6, 6.07) is 3.15. The largest absolute Gasteiger partial charge is 0.462 e. The Bertz CT molecular complexity index is 809. The van der Waals surface area contributed by atoms with Crippen molar-refractivity contribution in [1.82, 2.24) is 9.38 Å². The maximum Gasteiger partial charge on any atom is 0.349 e. The maximum absolute atomic E-state index is 14.3. The molecule has 5 nitrogen and oxygen atoms in total. The summed E-state index contributed by atoms with van der Waals surface area (Å²) in [5, 5.41) is 9.11. The van der Waals surface area contributed by atoms with Gasteiger partial charge in [-0.2, -0.15) is 0 Å². The lowest BCUT2D eigenvalue weighted by Crippen LogP contribution is -2.02. The molecule has 0 radical (unpaired) electrons. The van der Waals surface area contributed by atoms with Gasteiger partial charge in [0.25, 0.3) is 0 Å². The Morgan fingerprint density at radius 1 is 1.55 bits per heavy atom. The van der Waals surface area contributed by atoms with E-state index in [2.05, 4.69) is 4.98 Å². The average Bonchev–Trinajstić information content (AvgIpc) is 2.96. The first kappa shape index (κ1) is 13.0. The highest BCUT2D eigenvalue weighted by Crippen LogP contribution is 2.27. The second kappa shape index (κ2) is 4.84. The lowest BCUT2D eigenvalue weighted by molar-refractivity contribution is 0.0531. The molecule has 0 amide bonds. The first-order valence-electron chi connectivity index (χ1n) is 6.02. The van der Waals surface area contributed by atoms with E-state index in [1.165, 1.54) is 16.7 Å². The summed E-state index contributed by atoms with van der Waals surface area (Å²) in [4.78, 5) is 16.8. The van der Waals surface area contributed by atoms with Gasteiger partial charge in [0.15, 0.2) is 10.8 Å². The van der Waals surface area contributed by atoms with E-state index in [4.69, 9.17) is 9.84 Å². The zero-order valence-electron chi connectivity index (χ0n) is 10.6. The first-order chi connectivity index (χ1) is 9.65. The Hall–Kier alpha value is -1.99. The minimum absolute atomic E-state index is 0.197. The fraction of sp³-hybridized carbons (Fsp3) is 0.231. The van der Waals surface area contributed by atoms with Crippen molar-refractivity contribution in [3.8, 4) is 0 Å². The minimum Gasteiger partial charge on any atom is -0.462 e. The fourth-order valence-corrected chi connectivity index (χ4v) is 2.90. The fourth-order valence-electron chi connectivity index (χ4n) is 2.02. The summed E-state index contributed by atoms with van der Waals surface area (Å²) in [6.07, 6.45) is 1.51. The topological polar surface area (TPSA) is 63.8 Å². The molecule has 0 unspecified atom stereocenters. The van der Waals surface area contributed by atoms with Crippen LogP contribution in [0.5, 0.6) is 0 Å². The highest BCUT2D eigenvalue weighted by Gasteiger charge is 2.18. The van der Waals surface area contributed by atoms with Gasteiger partial charge in [-0.3, -0.25) is 4.40 Å². The van der Waals surface area contributed by atoms with Gasteiger partial charge in [-0.25, -0.2) is 14.2 Å². The monoisotopic (exact) mass is 294 g/mol. The number of hydrogen-bond donors (Lipinski definition) is 1. The van der Waals surface area contributed by atoms with Crippen molar-refractivity contribution in [1.29, 1.82) is 0 Å². The van der Waals surface area contributed by atoms with Crippen LogP contribution in [0.2, 0.25) is 0 Å². The van der Waals surface area contributed by atoms with E-state index in [9.17, 15) is 9.18 Å². The molecule has 2 heterocycles. The molecular weight excluding hydrogens is 283 g/mol. The Morgan fingerprint density at radius 2 is 2.35 bits per heavy atom. The number of fused-ring (bicyclic) bond motifs is 3. The molecule has 3 rings (SSSR count). The summed E-state index contributed by atoms with van der Waals surface area (Å²) >= 11 is 1.14. The van der Waals surface area contributed by atoms with Gasteiger partial charge in [0.2, 0.25) is 0 Å². The van der Waals surface area contributed by atoms with Gasteiger partial charge < -0.3 is 9.84 Å². The number of aromatic nitrogens is 2. The molecule has 2 aromatic heterocycles. The highest BCUT2D eigenvalue weighted by molar-refractivity contribution is 7.18. The number of imidazole rings is 1. The van der Waals surface area contributed by atoms with Crippen molar-refractivity contribution >= 4 is 33.3 Å². The van der Waals surface area contributed by atoms with E-state index in [-0.39, 0.29) is 24.3 Å². The summed E-state index contributed by atoms with van der Waals surface area (Å²) in [5.41, 5.74) is 0.947. The lowest BCUT2D eigenvalue weighted by Gasteiger charge is -2.00. The van der Waals surface area contributed by atoms with Crippen LogP contribution in [0.3, 0.4) is 0 Å². The van der Waals surface area contributed by atoms with Crippen molar-refractivity contribution in [2.75, 3.05) is 6.61 Å². The zero-order valence-corrected chi connectivity index (χ0v) is 11.4. The summed E-state index contributed by atoms with van der Waals surface area (Å²) in [7, 11) is 0. The molecule has 0 aliphatic heterocycles. The van der Waals surface area contributed by atoms with Gasteiger partial charge in [0.1, 0.15) is 10.4 Å². The lowest BCUT2D eigenvalue weighted by atomic mass is 10.2. The van der Waals surface area contributed by atoms with Gasteiger partial charge in [-0.05, 0) is 13.0 Å². The molecule has 0 spiro atoms. The van der Waals surface area contributed by atoms with Crippen molar-refractivity contribution in [2.45, 2.75) is 13.5 Å². The average molecular weight is 294 g/mol. The summed E-state index contributed by atoms with van der Waals surface area (Å²) < 4.78 is 20.7. The molecule has 3 aromatic rings. The van der Waals surface area contributed by atoms with Crippen LogP contribution in [-0.2, 0) is 11.3 Å². The number of carbonyl (C=O) groups excluding carboxylic acids is 1. The second-order valence-electron chi connectivity index (χ2n) is 4.14. The van der Waals surface area contributed by atoms with Crippen LogP contribution in [0, 0.1) is 5.82 Å². The molecule has 1 N–H and O–H groups in total. The zero-order chi connectivity index (χ0) is 14.3. The molecule has 0 aliphatic carbocycles. The Balaban J connectivity index is 2.22. The van der Waals surface area contributed by atoms with Crippen molar-refractivity contribution in [3.63, 3.8) is 0 Å². The van der Waals surface area contributed by atoms with E-state index in [0.29, 0.717) is 15.4 Å². The predicted octanol–water partition coefficient (Wildman–Crippen LogP) is 2.36. The van der Waals surface area contributed by atoms with Crippen LogP contribution >= 0.6 is 11.3 Å². The molecule has 0 saturated carbocycles. The third-order valence-corrected chi connectivity index (χ3v) is 3.90. The Kier molecular flexibility index (Phi) is 3.15. The van der Waals surface area contributed by atoms with Crippen molar-refractivity contribution < 1.29 is 19.0 Å².